The van der Waals surface area contributed by atoms with E-state index in [1.54, 1.807) is 19.1 Å². The second-order valence-electron chi connectivity index (χ2n) is 2.67. The molecule has 0 bridgehead atoms. The quantitative estimate of drug-likeness (QED) is 0.676. The number of ketones is 1. The minimum absolute atomic E-state index is 0.0220. The van der Waals surface area contributed by atoms with Crippen LogP contribution in [0.1, 0.15) is 27.2 Å². The topological polar surface area (TPSA) is 46.5 Å². The number of Topliss-reactive ketones (excluding diaryl/α,β-unsaturated/α-hetero) is 1. The predicted octanol–water partition coefficient (Wildman–Crippen LogP) is 2.34. The first-order valence-corrected chi connectivity index (χ1v) is 5.06. The van der Waals surface area contributed by atoms with E-state index in [9.17, 15) is 4.79 Å². The Balaban J connectivity index is 0.000000921. The first-order valence-electron chi connectivity index (χ1n) is 5.06. The summed E-state index contributed by atoms with van der Waals surface area (Å²) < 4.78 is 5.06. The number of allylic oxidation sites excluding steroid dienone is 4. The fraction of sp³-hybridized carbons (Fsp3) is 0.417. The first-order chi connectivity index (χ1) is 7.19. The Kier molecular flexibility index (Phi) is 6.38. The third-order valence-corrected chi connectivity index (χ3v) is 1.75. The van der Waals surface area contributed by atoms with Crippen molar-refractivity contribution in [3.8, 4) is 0 Å². The van der Waals surface area contributed by atoms with E-state index >= 15 is 0 Å². The highest BCUT2D eigenvalue weighted by molar-refractivity contribution is 5.99. The largest absolute Gasteiger partial charge is 0.464 e. The summed E-state index contributed by atoms with van der Waals surface area (Å²) in [7, 11) is 0. The zero-order valence-electron chi connectivity index (χ0n) is 9.49. The van der Waals surface area contributed by atoms with Gasteiger partial charge in [-0.25, -0.2) is 0 Å². The molecule has 0 amide bonds. The Morgan fingerprint density at radius 3 is 2.60 bits per heavy atom. The molecule has 1 aliphatic rings. The number of aliphatic hydroxyl groups is 1. The number of rotatable bonds is 1. The highest BCUT2D eigenvalue weighted by atomic mass is 16.6. The smallest absolute Gasteiger partial charge is 0.204 e. The normalized spacial score (nSPS) is 25.6. The summed E-state index contributed by atoms with van der Waals surface area (Å²) >= 11 is 0. The molecule has 1 saturated heterocycles. The summed E-state index contributed by atoms with van der Waals surface area (Å²) in [6.07, 6.45) is 3.75. The van der Waals surface area contributed by atoms with Crippen LogP contribution in [0.15, 0.2) is 36.1 Å². The van der Waals surface area contributed by atoms with Gasteiger partial charge in [0.1, 0.15) is 5.76 Å². The zero-order valence-corrected chi connectivity index (χ0v) is 9.49. The van der Waals surface area contributed by atoms with Crippen molar-refractivity contribution in [3.05, 3.63) is 36.1 Å². The summed E-state index contributed by atoms with van der Waals surface area (Å²) in [5, 5.41) is 9.14. The molecule has 15 heavy (non-hydrogen) atoms. The minimum atomic E-state index is -1.03. The number of carbonyl (C=O) groups excluding carboxylic acids is 1. The van der Waals surface area contributed by atoms with E-state index < -0.39 is 6.29 Å². The van der Waals surface area contributed by atoms with Gasteiger partial charge in [-0.05, 0) is 13.0 Å². The maximum Gasteiger partial charge on any atom is 0.204 e. The molecule has 0 aliphatic carbocycles. The van der Waals surface area contributed by atoms with Crippen molar-refractivity contribution in [3.63, 3.8) is 0 Å². The number of hydrogen-bond donors (Lipinski definition) is 1. The third-order valence-electron chi connectivity index (χ3n) is 1.75. The van der Waals surface area contributed by atoms with E-state index in [0.29, 0.717) is 11.3 Å². The number of carbonyl (C=O) groups is 1. The number of ether oxygens (including phenoxy) is 1. The molecule has 1 heterocycles. The molecule has 1 rings (SSSR count). The van der Waals surface area contributed by atoms with E-state index in [-0.39, 0.29) is 12.2 Å². The Labute approximate surface area is 90.8 Å². The SMILES string of the molecule is C=C/C=C1/OC(O)CC(=O)/C1=C/C.CC. The number of aliphatic hydroxyl groups excluding tert-OH is 1. The van der Waals surface area contributed by atoms with Crippen molar-refractivity contribution < 1.29 is 14.6 Å². The molecule has 3 nitrogen and oxygen atoms in total. The molecule has 0 saturated carbocycles. The van der Waals surface area contributed by atoms with Crippen molar-refractivity contribution in [2.24, 2.45) is 0 Å². The van der Waals surface area contributed by atoms with Crippen molar-refractivity contribution in [2.75, 3.05) is 0 Å². The van der Waals surface area contributed by atoms with Gasteiger partial charge in [-0.3, -0.25) is 4.79 Å². The molecule has 0 radical (unpaired) electrons. The van der Waals surface area contributed by atoms with Crippen LogP contribution in [0.4, 0.5) is 0 Å². The third kappa shape index (κ3) is 3.72. The standard InChI is InChI=1S/C10H12O3.C2H6/c1-3-5-9-7(4-2)8(11)6-10(12)13-9;1-2/h3-5,10,12H,1,6H2,2H3;1-2H3/b7-4-,9-5+;. The van der Waals surface area contributed by atoms with E-state index in [0.717, 1.165) is 0 Å². The lowest BCUT2D eigenvalue weighted by Crippen LogP contribution is -2.26. The van der Waals surface area contributed by atoms with Crippen LogP contribution in [0.2, 0.25) is 0 Å². The Hall–Kier alpha value is -1.35. The van der Waals surface area contributed by atoms with Crippen LogP contribution in [0, 0.1) is 0 Å². The highest BCUT2D eigenvalue weighted by Gasteiger charge is 2.26. The van der Waals surface area contributed by atoms with Gasteiger partial charge in [0.05, 0.1) is 12.0 Å². The van der Waals surface area contributed by atoms with Gasteiger partial charge in [-0.2, -0.15) is 0 Å². The monoisotopic (exact) mass is 210 g/mol. The predicted molar refractivity (Wildman–Crippen MR) is 60.1 cm³/mol. The summed E-state index contributed by atoms with van der Waals surface area (Å²) in [5.41, 5.74) is 0.505. The van der Waals surface area contributed by atoms with Crippen LogP contribution >= 0.6 is 0 Å². The van der Waals surface area contributed by atoms with Gasteiger partial charge >= 0.3 is 0 Å². The molecule has 1 atom stereocenters. The summed E-state index contributed by atoms with van der Waals surface area (Å²) in [6.45, 7) is 9.25. The molecular formula is C12H18O3. The van der Waals surface area contributed by atoms with Gasteiger partial charge < -0.3 is 9.84 Å². The van der Waals surface area contributed by atoms with Gasteiger partial charge in [-0.1, -0.05) is 32.6 Å². The van der Waals surface area contributed by atoms with Crippen LogP contribution in [-0.2, 0) is 9.53 Å². The molecule has 0 aromatic rings. The van der Waals surface area contributed by atoms with Gasteiger partial charge in [0.25, 0.3) is 0 Å². The maximum atomic E-state index is 11.3. The van der Waals surface area contributed by atoms with Gasteiger partial charge in [-0.15, -0.1) is 0 Å². The minimum Gasteiger partial charge on any atom is -0.464 e. The average molecular weight is 210 g/mol. The number of hydrogen-bond acceptors (Lipinski definition) is 3. The Morgan fingerprint density at radius 2 is 2.13 bits per heavy atom. The lowest BCUT2D eigenvalue weighted by molar-refractivity contribution is -0.132. The van der Waals surface area contributed by atoms with Crippen LogP contribution in [0.5, 0.6) is 0 Å². The van der Waals surface area contributed by atoms with Crippen LogP contribution in [0.25, 0.3) is 0 Å². The van der Waals surface area contributed by atoms with Crippen molar-refractivity contribution >= 4 is 5.78 Å². The van der Waals surface area contributed by atoms with E-state index in [1.165, 1.54) is 6.08 Å². The van der Waals surface area contributed by atoms with Crippen molar-refractivity contribution in [1.82, 2.24) is 0 Å². The molecule has 1 unspecified atom stereocenters. The van der Waals surface area contributed by atoms with Gasteiger partial charge in [0, 0.05) is 0 Å². The Morgan fingerprint density at radius 1 is 1.53 bits per heavy atom. The highest BCUT2D eigenvalue weighted by Crippen LogP contribution is 2.23. The molecule has 0 spiro atoms. The van der Waals surface area contributed by atoms with E-state index in [1.807, 2.05) is 13.8 Å². The van der Waals surface area contributed by atoms with Crippen molar-refractivity contribution in [2.45, 2.75) is 33.5 Å². The first kappa shape index (κ1) is 13.7. The molecule has 0 aromatic heterocycles. The lowest BCUT2D eigenvalue weighted by Gasteiger charge is -2.22. The summed E-state index contributed by atoms with van der Waals surface area (Å²) in [5.74, 6) is 0.288. The van der Waals surface area contributed by atoms with E-state index in [4.69, 9.17) is 9.84 Å². The fourth-order valence-corrected chi connectivity index (χ4v) is 1.20. The second kappa shape index (κ2) is 7.01. The van der Waals surface area contributed by atoms with Crippen LogP contribution < -0.4 is 0 Å². The molecule has 0 aromatic carbocycles. The molecule has 1 fully saturated rings. The molecular weight excluding hydrogens is 192 g/mol. The molecule has 1 aliphatic heterocycles. The van der Waals surface area contributed by atoms with Crippen LogP contribution in [-0.4, -0.2) is 17.2 Å². The second-order valence-corrected chi connectivity index (χ2v) is 2.67. The molecule has 3 heteroatoms. The summed E-state index contributed by atoms with van der Waals surface area (Å²) in [4.78, 5) is 11.3. The van der Waals surface area contributed by atoms with Crippen molar-refractivity contribution in [1.29, 1.82) is 0 Å². The molecule has 84 valence electrons. The lowest BCUT2D eigenvalue weighted by atomic mass is 10.0. The maximum absolute atomic E-state index is 11.3. The average Bonchev–Trinajstić information content (AvgIpc) is 2.21. The van der Waals surface area contributed by atoms with E-state index in [2.05, 4.69) is 6.58 Å². The molecule has 1 N–H and O–H groups in total. The Bertz CT molecular complexity index is 287. The summed E-state index contributed by atoms with van der Waals surface area (Å²) in [6, 6.07) is 0. The fourth-order valence-electron chi connectivity index (χ4n) is 1.20. The zero-order chi connectivity index (χ0) is 11.8. The van der Waals surface area contributed by atoms with Gasteiger partial charge in [0.2, 0.25) is 6.29 Å². The van der Waals surface area contributed by atoms with Gasteiger partial charge in [0.15, 0.2) is 5.78 Å². The van der Waals surface area contributed by atoms with Crippen LogP contribution in [0.3, 0.4) is 0 Å².